The van der Waals surface area contributed by atoms with Crippen LogP contribution in [0.15, 0.2) is 83.0 Å². The maximum atomic E-state index is 6.26. The fraction of sp³-hybridized carbons (Fsp3) is 0.250. The van der Waals surface area contributed by atoms with Crippen LogP contribution in [0.5, 0.6) is 0 Å². The van der Waals surface area contributed by atoms with Crippen LogP contribution in [0, 0.1) is 0 Å². The maximum absolute atomic E-state index is 6.26. The molecule has 0 saturated carbocycles. The van der Waals surface area contributed by atoms with Crippen LogP contribution in [0.25, 0.3) is 16.9 Å². The van der Waals surface area contributed by atoms with Crippen LogP contribution >= 0.6 is 11.8 Å². The second-order valence-corrected chi connectivity index (χ2v) is 9.78. The third-order valence-corrected chi connectivity index (χ3v) is 7.05. The first-order chi connectivity index (χ1) is 14.8. The van der Waals surface area contributed by atoms with Crippen LogP contribution in [0.2, 0.25) is 0 Å². The highest BCUT2D eigenvalue weighted by Crippen LogP contribution is 2.37. The van der Waals surface area contributed by atoms with E-state index in [-0.39, 0.29) is 11.2 Å². The Morgan fingerprint density at radius 2 is 1.52 bits per heavy atom. The summed E-state index contributed by atoms with van der Waals surface area (Å²) in [5.41, 5.74) is 1.31. The second-order valence-electron chi connectivity index (χ2n) is 8.69. The fourth-order valence-corrected chi connectivity index (χ4v) is 4.62. The number of fused-ring (bicyclic) bond motifs is 1. The molecule has 0 spiro atoms. The van der Waals surface area contributed by atoms with Crippen molar-refractivity contribution in [1.82, 2.24) is 14.5 Å². The first-order valence-electron chi connectivity index (χ1n) is 10.4. The van der Waals surface area contributed by atoms with Gasteiger partial charge in [0, 0.05) is 22.7 Å². The first-order valence-corrected chi connectivity index (χ1v) is 11.2. The van der Waals surface area contributed by atoms with E-state index in [4.69, 9.17) is 9.31 Å². The molecule has 3 heterocycles. The Hall–Kier alpha value is -2.61. The number of benzene rings is 2. The van der Waals surface area contributed by atoms with Crippen molar-refractivity contribution in [1.29, 1.82) is 0 Å². The van der Waals surface area contributed by atoms with Gasteiger partial charge in [-0.2, -0.15) is 0 Å². The molecule has 4 aromatic rings. The minimum absolute atomic E-state index is 0.370. The number of aromatic nitrogens is 3. The van der Waals surface area contributed by atoms with Gasteiger partial charge in [-0.05, 0) is 63.5 Å². The highest BCUT2D eigenvalue weighted by molar-refractivity contribution is 7.99. The van der Waals surface area contributed by atoms with Gasteiger partial charge in [0.25, 0.3) is 0 Å². The van der Waals surface area contributed by atoms with Gasteiger partial charge in [-0.25, -0.2) is 9.97 Å². The summed E-state index contributed by atoms with van der Waals surface area (Å²) in [7, 11) is -0.393. The standard InChI is InChI=1S/C24H24BN3O2S/c1-23(2)24(3,4)30-25(29-23)18-11-12-20-17(15-18)16-21(31-19-9-6-5-7-10-19)28(20)22-26-13-8-14-27-22/h5-16H,1-4H3. The lowest BCUT2D eigenvalue weighted by molar-refractivity contribution is 0.00578. The maximum Gasteiger partial charge on any atom is 0.494 e. The van der Waals surface area contributed by atoms with E-state index in [0.717, 1.165) is 26.3 Å². The van der Waals surface area contributed by atoms with Crippen LogP contribution in [0.4, 0.5) is 0 Å². The highest BCUT2D eigenvalue weighted by atomic mass is 32.2. The number of rotatable bonds is 4. The minimum Gasteiger partial charge on any atom is -0.399 e. The normalized spacial score (nSPS) is 17.4. The number of hydrogen-bond acceptors (Lipinski definition) is 5. The predicted molar refractivity (Wildman–Crippen MR) is 125 cm³/mol. The number of nitrogens with zero attached hydrogens (tertiary/aromatic N) is 3. The third kappa shape index (κ3) is 3.67. The van der Waals surface area contributed by atoms with Gasteiger partial charge in [0.05, 0.1) is 21.7 Å². The van der Waals surface area contributed by atoms with E-state index < -0.39 is 7.12 Å². The van der Waals surface area contributed by atoms with Crippen LogP contribution in [-0.4, -0.2) is 32.9 Å². The van der Waals surface area contributed by atoms with Crippen molar-refractivity contribution in [2.45, 2.75) is 48.8 Å². The molecule has 0 unspecified atom stereocenters. The van der Waals surface area contributed by atoms with E-state index >= 15 is 0 Å². The molecule has 156 valence electrons. The summed E-state index contributed by atoms with van der Waals surface area (Å²) in [4.78, 5) is 10.2. The molecule has 31 heavy (non-hydrogen) atoms. The smallest absolute Gasteiger partial charge is 0.399 e. The highest BCUT2D eigenvalue weighted by Gasteiger charge is 2.51. The summed E-state index contributed by atoms with van der Waals surface area (Å²) in [5.74, 6) is 0.652. The molecule has 1 fully saturated rings. The van der Waals surface area contributed by atoms with Crippen molar-refractivity contribution in [3.8, 4) is 5.95 Å². The summed E-state index contributed by atoms with van der Waals surface area (Å²) >= 11 is 1.69. The Balaban J connectivity index is 1.60. The minimum atomic E-state index is -0.393. The second kappa shape index (κ2) is 7.52. The van der Waals surface area contributed by atoms with Crippen molar-refractivity contribution in [2.75, 3.05) is 0 Å². The summed E-state index contributed by atoms with van der Waals surface area (Å²) in [6, 6.07) is 20.6. The van der Waals surface area contributed by atoms with Gasteiger partial charge in [-0.15, -0.1) is 0 Å². The molecule has 0 N–H and O–H groups in total. The van der Waals surface area contributed by atoms with Crippen molar-refractivity contribution in [2.24, 2.45) is 0 Å². The zero-order valence-corrected chi connectivity index (χ0v) is 18.9. The van der Waals surface area contributed by atoms with Crippen LogP contribution < -0.4 is 5.46 Å². The Morgan fingerprint density at radius 3 is 2.19 bits per heavy atom. The first kappa shape index (κ1) is 20.3. The molecule has 1 aliphatic heterocycles. The van der Waals surface area contributed by atoms with Crippen LogP contribution in [0.1, 0.15) is 27.7 Å². The molecule has 1 aliphatic rings. The molecule has 0 aliphatic carbocycles. The Bertz CT molecular complexity index is 1210. The van der Waals surface area contributed by atoms with Gasteiger partial charge in [0.2, 0.25) is 5.95 Å². The van der Waals surface area contributed by atoms with E-state index in [1.807, 2.05) is 24.3 Å². The molecule has 5 nitrogen and oxygen atoms in total. The molecule has 7 heteroatoms. The van der Waals surface area contributed by atoms with Crippen molar-refractivity contribution >= 4 is 35.2 Å². The Labute approximate surface area is 187 Å². The van der Waals surface area contributed by atoms with Gasteiger partial charge >= 0.3 is 7.12 Å². The van der Waals surface area contributed by atoms with Gasteiger partial charge in [-0.3, -0.25) is 4.57 Å². The molecular weight excluding hydrogens is 405 g/mol. The van der Waals surface area contributed by atoms with E-state index in [0.29, 0.717) is 5.95 Å². The van der Waals surface area contributed by atoms with Crippen LogP contribution in [-0.2, 0) is 9.31 Å². The summed E-state index contributed by atoms with van der Waals surface area (Å²) in [6.45, 7) is 8.29. The van der Waals surface area contributed by atoms with Gasteiger partial charge in [0.15, 0.2) is 0 Å². The monoisotopic (exact) mass is 429 g/mol. The van der Waals surface area contributed by atoms with E-state index in [2.05, 4.69) is 78.6 Å². The lowest BCUT2D eigenvalue weighted by Gasteiger charge is -2.32. The summed E-state index contributed by atoms with van der Waals surface area (Å²) in [5, 5.41) is 2.15. The van der Waals surface area contributed by atoms with Crippen LogP contribution in [0.3, 0.4) is 0 Å². The average Bonchev–Trinajstić information content (AvgIpc) is 3.21. The molecule has 0 radical (unpaired) electrons. The zero-order chi connectivity index (χ0) is 21.6. The third-order valence-electron chi connectivity index (χ3n) is 6.04. The lowest BCUT2D eigenvalue weighted by Crippen LogP contribution is -2.41. The topological polar surface area (TPSA) is 49.2 Å². The summed E-state index contributed by atoms with van der Waals surface area (Å²) in [6.07, 6.45) is 3.54. The van der Waals surface area contributed by atoms with Crippen molar-refractivity contribution < 1.29 is 9.31 Å². The summed E-state index contributed by atoms with van der Waals surface area (Å²) < 4.78 is 14.6. The fourth-order valence-electron chi connectivity index (χ4n) is 3.63. The molecule has 1 saturated heterocycles. The average molecular weight is 429 g/mol. The Morgan fingerprint density at radius 1 is 0.839 bits per heavy atom. The lowest BCUT2D eigenvalue weighted by atomic mass is 9.79. The molecular formula is C24H24BN3O2S. The van der Waals surface area contributed by atoms with E-state index in [9.17, 15) is 0 Å². The van der Waals surface area contributed by atoms with Gasteiger partial charge in [-0.1, -0.05) is 42.1 Å². The predicted octanol–water partition coefficient (Wildman–Crippen LogP) is 4.87. The van der Waals surface area contributed by atoms with Crippen molar-refractivity contribution in [3.63, 3.8) is 0 Å². The molecule has 0 atom stereocenters. The zero-order valence-electron chi connectivity index (χ0n) is 18.1. The van der Waals surface area contributed by atoms with E-state index in [1.54, 1.807) is 24.2 Å². The van der Waals surface area contributed by atoms with E-state index in [1.165, 1.54) is 0 Å². The number of hydrogen-bond donors (Lipinski definition) is 0. The Kier molecular flexibility index (Phi) is 4.92. The molecule has 2 aromatic carbocycles. The van der Waals surface area contributed by atoms with Gasteiger partial charge in [0.1, 0.15) is 0 Å². The molecule has 0 bridgehead atoms. The SMILES string of the molecule is CC1(C)OB(c2ccc3c(c2)cc(Sc2ccccc2)n3-c2ncccn2)OC1(C)C. The quantitative estimate of drug-likeness (QED) is 0.433. The van der Waals surface area contributed by atoms with Crippen molar-refractivity contribution in [3.05, 3.63) is 73.1 Å². The molecule has 5 rings (SSSR count). The molecule has 2 aromatic heterocycles. The largest absolute Gasteiger partial charge is 0.494 e. The van der Waals surface area contributed by atoms with Gasteiger partial charge < -0.3 is 9.31 Å². The molecule has 0 amide bonds.